The normalized spacial score (nSPS) is 12.8. The molecule has 0 aliphatic carbocycles. The first-order chi connectivity index (χ1) is 12.8. The van der Waals surface area contributed by atoms with E-state index in [1.165, 1.54) is 23.1 Å². The number of hydrogen-bond donors (Lipinski definition) is 2. The minimum atomic E-state index is -3.70. The molecule has 0 aliphatic heterocycles. The largest absolute Gasteiger partial charge is 0.357 e. The summed E-state index contributed by atoms with van der Waals surface area (Å²) in [4.78, 5) is 5.55. The van der Waals surface area contributed by atoms with E-state index in [0.717, 1.165) is 6.07 Å². The average Bonchev–Trinajstić information content (AvgIpc) is 3.15. The van der Waals surface area contributed by atoms with Gasteiger partial charge in [-0.15, -0.1) is 11.3 Å². The second kappa shape index (κ2) is 9.32. The van der Waals surface area contributed by atoms with Crippen LogP contribution in [0.4, 0.5) is 4.39 Å². The van der Waals surface area contributed by atoms with E-state index in [0.29, 0.717) is 19.0 Å². The summed E-state index contributed by atoms with van der Waals surface area (Å²) in [6.45, 7) is 7.54. The molecule has 0 unspecified atom stereocenters. The zero-order valence-corrected chi connectivity index (χ0v) is 17.5. The zero-order valence-electron chi connectivity index (χ0n) is 15.8. The van der Waals surface area contributed by atoms with Gasteiger partial charge >= 0.3 is 0 Å². The van der Waals surface area contributed by atoms with E-state index in [1.807, 2.05) is 18.4 Å². The number of benzene rings is 1. The third-order valence-electron chi connectivity index (χ3n) is 4.00. The number of nitrogens with zero attached hydrogens (tertiary/aromatic N) is 1. The highest BCUT2D eigenvalue weighted by atomic mass is 32.2. The van der Waals surface area contributed by atoms with Crippen molar-refractivity contribution in [1.82, 2.24) is 10.6 Å². The molecule has 0 amide bonds. The Labute approximate surface area is 164 Å². The molecule has 5 nitrogen and oxygen atoms in total. The van der Waals surface area contributed by atoms with Gasteiger partial charge in [0.05, 0.1) is 12.3 Å². The number of guanidine groups is 1. The molecule has 0 saturated carbocycles. The molecule has 0 radical (unpaired) electrons. The van der Waals surface area contributed by atoms with E-state index < -0.39 is 15.7 Å². The highest BCUT2D eigenvalue weighted by Gasteiger charge is 2.22. The van der Waals surface area contributed by atoms with Gasteiger partial charge < -0.3 is 10.6 Å². The lowest BCUT2D eigenvalue weighted by Crippen LogP contribution is -2.40. The smallest absolute Gasteiger partial charge is 0.191 e. The Morgan fingerprint density at radius 1 is 1.19 bits per heavy atom. The second-order valence-electron chi connectivity index (χ2n) is 6.73. The average molecular weight is 412 g/mol. The lowest BCUT2D eigenvalue weighted by molar-refractivity contribution is 0.548. The van der Waals surface area contributed by atoms with Crippen molar-refractivity contribution < 1.29 is 12.8 Å². The molecule has 8 heteroatoms. The van der Waals surface area contributed by atoms with Gasteiger partial charge in [0.25, 0.3) is 0 Å². The van der Waals surface area contributed by atoms with Gasteiger partial charge in [0.15, 0.2) is 15.8 Å². The molecular formula is C19H26FN3O2S2. The first-order valence-electron chi connectivity index (χ1n) is 8.80. The molecule has 0 aliphatic rings. The Kier molecular flexibility index (Phi) is 7.38. The summed E-state index contributed by atoms with van der Waals surface area (Å²) < 4.78 is 38.4. The fourth-order valence-corrected chi connectivity index (χ4v) is 4.56. The van der Waals surface area contributed by atoms with Crippen LogP contribution in [0.5, 0.6) is 0 Å². The summed E-state index contributed by atoms with van der Waals surface area (Å²) in [6, 6.07) is 9.52. The Morgan fingerprint density at radius 2 is 1.93 bits per heavy atom. The number of sulfone groups is 1. The predicted molar refractivity (Wildman–Crippen MR) is 110 cm³/mol. The molecule has 0 atom stereocenters. The molecule has 1 heterocycles. The Hall–Kier alpha value is -1.93. The predicted octanol–water partition coefficient (Wildman–Crippen LogP) is 3.19. The molecule has 27 heavy (non-hydrogen) atoms. The Balaban J connectivity index is 1.99. The van der Waals surface area contributed by atoms with Crippen LogP contribution in [0.2, 0.25) is 0 Å². The van der Waals surface area contributed by atoms with Crippen LogP contribution in [0, 0.1) is 5.82 Å². The SMILES string of the molecule is CCNC(=NCC(C)(C)c1cccs1)NCCS(=O)(=O)c1ccccc1F. The fourth-order valence-electron chi connectivity index (χ4n) is 2.47. The Morgan fingerprint density at radius 3 is 2.56 bits per heavy atom. The van der Waals surface area contributed by atoms with Gasteiger partial charge in [-0.3, -0.25) is 4.99 Å². The minimum Gasteiger partial charge on any atom is -0.357 e. The Bertz CT molecular complexity index is 863. The molecule has 0 bridgehead atoms. The highest BCUT2D eigenvalue weighted by Crippen LogP contribution is 2.27. The van der Waals surface area contributed by atoms with Crippen LogP contribution >= 0.6 is 11.3 Å². The van der Waals surface area contributed by atoms with Crippen molar-refractivity contribution in [3.8, 4) is 0 Å². The van der Waals surface area contributed by atoms with Crippen LogP contribution in [-0.2, 0) is 15.3 Å². The van der Waals surface area contributed by atoms with E-state index in [2.05, 4.69) is 35.5 Å². The number of hydrogen-bond acceptors (Lipinski definition) is 4. The van der Waals surface area contributed by atoms with Crippen LogP contribution in [-0.4, -0.2) is 39.8 Å². The molecule has 1 aromatic heterocycles. The van der Waals surface area contributed by atoms with E-state index in [-0.39, 0.29) is 22.6 Å². The van der Waals surface area contributed by atoms with Crippen molar-refractivity contribution in [3.05, 3.63) is 52.5 Å². The molecule has 2 N–H and O–H groups in total. The molecular weight excluding hydrogens is 385 g/mol. The maximum absolute atomic E-state index is 13.7. The van der Waals surface area contributed by atoms with E-state index in [1.54, 1.807) is 11.3 Å². The van der Waals surface area contributed by atoms with Crippen LogP contribution in [0.15, 0.2) is 51.7 Å². The lowest BCUT2D eigenvalue weighted by atomic mass is 9.92. The van der Waals surface area contributed by atoms with E-state index in [4.69, 9.17) is 0 Å². The summed E-state index contributed by atoms with van der Waals surface area (Å²) in [5, 5.41) is 8.18. The van der Waals surface area contributed by atoms with Crippen molar-refractivity contribution in [2.75, 3.05) is 25.4 Å². The van der Waals surface area contributed by atoms with Crippen molar-refractivity contribution >= 4 is 27.1 Å². The second-order valence-corrected chi connectivity index (χ2v) is 9.76. The summed E-state index contributed by atoms with van der Waals surface area (Å²) in [5.41, 5.74) is -0.115. The van der Waals surface area contributed by atoms with E-state index in [9.17, 15) is 12.8 Å². The van der Waals surface area contributed by atoms with Crippen LogP contribution in [0.1, 0.15) is 25.6 Å². The van der Waals surface area contributed by atoms with Crippen molar-refractivity contribution in [2.24, 2.45) is 4.99 Å². The monoisotopic (exact) mass is 411 g/mol. The molecule has 2 aromatic rings. The number of rotatable bonds is 8. The molecule has 2 rings (SSSR count). The molecule has 0 fully saturated rings. The van der Waals surface area contributed by atoms with Gasteiger partial charge in [0.2, 0.25) is 0 Å². The van der Waals surface area contributed by atoms with Gasteiger partial charge in [-0.25, -0.2) is 12.8 Å². The van der Waals surface area contributed by atoms with Crippen molar-refractivity contribution in [3.63, 3.8) is 0 Å². The summed E-state index contributed by atoms with van der Waals surface area (Å²) in [7, 11) is -3.70. The van der Waals surface area contributed by atoms with Gasteiger partial charge in [-0.2, -0.15) is 0 Å². The first kappa shape index (κ1) is 21.4. The molecule has 148 valence electrons. The van der Waals surface area contributed by atoms with Crippen molar-refractivity contribution in [2.45, 2.75) is 31.1 Å². The molecule has 0 spiro atoms. The van der Waals surface area contributed by atoms with Crippen LogP contribution < -0.4 is 10.6 Å². The maximum Gasteiger partial charge on any atom is 0.191 e. The number of nitrogens with one attached hydrogen (secondary N) is 2. The topological polar surface area (TPSA) is 70.6 Å². The van der Waals surface area contributed by atoms with Crippen LogP contribution in [0.25, 0.3) is 0 Å². The quantitative estimate of drug-likeness (QED) is 0.517. The third kappa shape index (κ3) is 6.04. The standard InChI is InChI=1S/C19H26FN3O2S2/c1-4-21-18(23-14-19(2,3)17-10-7-12-26-17)22-11-13-27(24,25)16-9-6-5-8-15(16)20/h5-10,12H,4,11,13-14H2,1-3H3,(H2,21,22,23). The third-order valence-corrected chi connectivity index (χ3v) is 6.98. The first-order valence-corrected chi connectivity index (χ1v) is 11.3. The lowest BCUT2D eigenvalue weighted by Gasteiger charge is -2.21. The fraction of sp³-hybridized carbons (Fsp3) is 0.421. The van der Waals surface area contributed by atoms with Gasteiger partial charge in [0.1, 0.15) is 10.7 Å². The van der Waals surface area contributed by atoms with Gasteiger partial charge in [-0.1, -0.05) is 32.0 Å². The summed E-state index contributed by atoms with van der Waals surface area (Å²) in [6.07, 6.45) is 0. The van der Waals surface area contributed by atoms with Crippen LogP contribution in [0.3, 0.4) is 0 Å². The van der Waals surface area contributed by atoms with Gasteiger partial charge in [-0.05, 0) is 30.5 Å². The maximum atomic E-state index is 13.7. The number of aliphatic imine (C=N–C) groups is 1. The highest BCUT2D eigenvalue weighted by molar-refractivity contribution is 7.91. The minimum absolute atomic E-state index is 0.115. The van der Waals surface area contributed by atoms with E-state index >= 15 is 0 Å². The molecule has 0 saturated heterocycles. The number of halogens is 1. The summed E-state index contributed by atoms with van der Waals surface area (Å²) in [5.74, 6) is -0.395. The number of thiophene rings is 1. The molecule has 1 aromatic carbocycles. The van der Waals surface area contributed by atoms with Gasteiger partial charge in [0, 0.05) is 23.4 Å². The zero-order chi connectivity index (χ0) is 19.9. The van der Waals surface area contributed by atoms with Crippen molar-refractivity contribution in [1.29, 1.82) is 0 Å². The summed E-state index contributed by atoms with van der Waals surface area (Å²) >= 11 is 1.69.